The Kier molecular flexibility index (Phi) is 7.94. The summed E-state index contributed by atoms with van der Waals surface area (Å²) in [6.45, 7) is 1.04. The molecule has 1 rings (SSSR count). The molecule has 13 heteroatoms. The molecule has 1 aliphatic heterocycles. The number of hydrogen-bond acceptors (Lipinski definition) is 7. The summed E-state index contributed by atoms with van der Waals surface area (Å²) in [4.78, 5) is 36.3. The smallest absolute Gasteiger partial charge is 0.469 e. The van der Waals surface area contributed by atoms with Gasteiger partial charge in [-0.1, -0.05) is 6.08 Å². The van der Waals surface area contributed by atoms with Crippen molar-refractivity contribution < 1.29 is 33.9 Å². The Hall–Kier alpha value is -2.92. The monoisotopic (exact) mass is 401 g/mol. The first-order chi connectivity index (χ1) is 12.5. The normalized spacial score (nSPS) is 17.1. The molecule has 0 radical (unpaired) electrons. The molecule has 0 saturated carbocycles. The molecule has 0 unspecified atom stereocenters. The number of carboxylic acid groups (broad SMARTS) is 1. The zero-order valence-corrected chi connectivity index (χ0v) is 15.1. The van der Waals surface area contributed by atoms with Crippen molar-refractivity contribution in [1.82, 2.24) is 5.32 Å². The van der Waals surface area contributed by atoms with E-state index in [1.807, 2.05) is 0 Å². The van der Waals surface area contributed by atoms with Gasteiger partial charge in [0.05, 0.1) is 18.8 Å². The SMILES string of the molecule is CC1=C(O)\C(=C/N=C(\C=C\CN=C(N)N)C(=O)O)C(COP(=O)(O)O)=CN1. The number of aliphatic carboxylic acids is 1. The Morgan fingerprint density at radius 1 is 1.41 bits per heavy atom. The predicted octanol–water partition coefficient (Wildman–Crippen LogP) is -0.389. The van der Waals surface area contributed by atoms with Gasteiger partial charge in [-0.3, -0.25) is 4.52 Å². The average Bonchev–Trinajstić information content (AvgIpc) is 2.55. The van der Waals surface area contributed by atoms with E-state index in [2.05, 4.69) is 19.8 Å². The molecule has 148 valence electrons. The number of allylic oxidation sites excluding steroid dienone is 2. The second-order valence-electron chi connectivity index (χ2n) is 5.08. The van der Waals surface area contributed by atoms with Gasteiger partial charge in [-0.2, -0.15) is 0 Å². The zero-order valence-electron chi connectivity index (χ0n) is 14.2. The minimum absolute atomic E-state index is 0.0380. The summed E-state index contributed by atoms with van der Waals surface area (Å²) < 4.78 is 15.3. The maximum absolute atomic E-state index is 11.3. The zero-order chi connectivity index (χ0) is 20.6. The number of aliphatic imine (C=N–C) groups is 2. The van der Waals surface area contributed by atoms with Crippen LogP contribution in [-0.2, 0) is 13.9 Å². The Morgan fingerprint density at radius 2 is 2.07 bits per heavy atom. The minimum Gasteiger partial charge on any atom is -0.505 e. The lowest BCUT2D eigenvalue weighted by Gasteiger charge is -2.19. The van der Waals surface area contributed by atoms with E-state index in [4.69, 9.17) is 21.3 Å². The van der Waals surface area contributed by atoms with Crippen molar-refractivity contribution in [2.45, 2.75) is 6.92 Å². The largest absolute Gasteiger partial charge is 0.505 e. The van der Waals surface area contributed by atoms with Gasteiger partial charge in [0, 0.05) is 23.5 Å². The van der Waals surface area contributed by atoms with E-state index in [1.165, 1.54) is 19.2 Å². The van der Waals surface area contributed by atoms with Crippen LogP contribution in [0.25, 0.3) is 0 Å². The molecule has 27 heavy (non-hydrogen) atoms. The summed E-state index contributed by atoms with van der Waals surface area (Å²) in [6, 6.07) is 0. The number of carboxylic acids is 1. The predicted molar refractivity (Wildman–Crippen MR) is 97.5 cm³/mol. The van der Waals surface area contributed by atoms with Crippen LogP contribution in [0.2, 0.25) is 0 Å². The first-order valence-electron chi connectivity index (χ1n) is 7.30. The van der Waals surface area contributed by atoms with Gasteiger partial charge in [0.1, 0.15) is 11.5 Å². The standard InChI is InChI=1S/C14H20N5O7P/c1-8-12(20)10(9(5-18-8)7-26-27(23,24)25)6-19-11(13(21)22)3-2-4-17-14(15)16/h2-3,5-6,18,20H,4,7H2,1H3,(H,21,22)(H4,15,16,17)(H2,23,24,25)/b3-2+,10-6-,19-11+. The fourth-order valence-corrected chi connectivity index (χ4v) is 2.05. The summed E-state index contributed by atoms with van der Waals surface area (Å²) in [6.07, 6.45) is 4.92. The van der Waals surface area contributed by atoms with Gasteiger partial charge in [0.2, 0.25) is 0 Å². The average molecular weight is 401 g/mol. The molecule has 0 aromatic rings. The number of nitrogens with one attached hydrogen (secondary N) is 1. The van der Waals surface area contributed by atoms with Gasteiger partial charge in [-0.25, -0.2) is 19.3 Å². The fraction of sp³-hybridized carbons (Fsp3) is 0.214. The molecule has 9 N–H and O–H groups in total. The maximum Gasteiger partial charge on any atom is 0.469 e. The summed E-state index contributed by atoms with van der Waals surface area (Å²) in [7, 11) is -4.74. The van der Waals surface area contributed by atoms with Crippen LogP contribution < -0.4 is 16.8 Å². The van der Waals surface area contributed by atoms with E-state index in [-0.39, 0.29) is 35.1 Å². The Balaban J connectivity index is 3.14. The van der Waals surface area contributed by atoms with Crippen LogP contribution in [-0.4, -0.2) is 50.8 Å². The molecular weight excluding hydrogens is 381 g/mol. The molecule has 1 heterocycles. The highest BCUT2D eigenvalue weighted by Crippen LogP contribution is 2.37. The third-order valence-electron chi connectivity index (χ3n) is 3.01. The van der Waals surface area contributed by atoms with Crippen molar-refractivity contribution >= 4 is 25.5 Å². The molecule has 12 nitrogen and oxygen atoms in total. The number of dihydropyridines is 1. The lowest BCUT2D eigenvalue weighted by Crippen LogP contribution is -2.22. The van der Waals surface area contributed by atoms with Crippen LogP contribution in [0, 0.1) is 0 Å². The number of hydrogen-bond donors (Lipinski definition) is 7. The van der Waals surface area contributed by atoms with Gasteiger partial charge >= 0.3 is 13.8 Å². The minimum atomic E-state index is -4.74. The van der Waals surface area contributed by atoms with E-state index in [1.54, 1.807) is 0 Å². The van der Waals surface area contributed by atoms with Crippen LogP contribution in [0.4, 0.5) is 0 Å². The van der Waals surface area contributed by atoms with E-state index >= 15 is 0 Å². The first kappa shape index (κ1) is 22.1. The lowest BCUT2D eigenvalue weighted by atomic mass is 10.0. The van der Waals surface area contributed by atoms with Gasteiger partial charge in [-0.05, 0) is 13.0 Å². The maximum atomic E-state index is 11.3. The van der Waals surface area contributed by atoms with Crippen LogP contribution in [0.15, 0.2) is 57.1 Å². The number of phosphoric acid groups is 1. The van der Waals surface area contributed by atoms with Gasteiger partial charge in [0.15, 0.2) is 5.96 Å². The highest BCUT2D eigenvalue weighted by molar-refractivity contribution is 7.46. The Morgan fingerprint density at radius 3 is 2.63 bits per heavy atom. The molecular formula is C14H20N5O7P. The van der Waals surface area contributed by atoms with Crippen LogP contribution in [0.3, 0.4) is 0 Å². The number of rotatable bonds is 8. The number of guanidine groups is 1. The van der Waals surface area contributed by atoms with Gasteiger partial charge in [-0.15, -0.1) is 0 Å². The van der Waals surface area contributed by atoms with E-state index in [9.17, 15) is 19.6 Å². The number of aliphatic hydroxyl groups is 1. The summed E-state index contributed by atoms with van der Waals surface area (Å²) in [5.74, 6) is -1.78. The fourth-order valence-electron chi connectivity index (χ4n) is 1.74. The quantitative estimate of drug-likeness (QED) is 0.159. The van der Waals surface area contributed by atoms with E-state index < -0.39 is 20.4 Å². The molecule has 0 amide bonds. The second-order valence-corrected chi connectivity index (χ2v) is 6.32. The number of nitrogens with two attached hydrogens (primary N) is 2. The summed E-state index contributed by atoms with van der Waals surface area (Å²) in [5, 5.41) is 22.0. The summed E-state index contributed by atoms with van der Waals surface area (Å²) in [5.41, 5.74) is 10.4. The summed E-state index contributed by atoms with van der Waals surface area (Å²) >= 11 is 0. The highest BCUT2D eigenvalue weighted by Gasteiger charge is 2.21. The van der Waals surface area contributed by atoms with Crippen LogP contribution in [0.1, 0.15) is 6.92 Å². The highest BCUT2D eigenvalue weighted by atomic mass is 31.2. The van der Waals surface area contributed by atoms with Gasteiger partial charge in [0.25, 0.3) is 0 Å². The van der Waals surface area contributed by atoms with Crippen LogP contribution in [0.5, 0.6) is 0 Å². The van der Waals surface area contributed by atoms with E-state index in [0.717, 1.165) is 12.3 Å². The van der Waals surface area contributed by atoms with Crippen molar-refractivity contribution in [2.24, 2.45) is 21.5 Å². The topological polar surface area (TPSA) is 213 Å². The van der Waals surface area contributed by atoms with Crippen molar-refractivity contribution in [1.29, 1.82) is 0 Å². The molecule has 0 aromatic heterocycles. The Labute approximate surface area is 154 Å². The van der Waals surface area contributed by atoms with Crippen LogP contribution >= 0.6 is 7.82 Å². The molecule has 0 fully saturated rings. The first-order valence-corrected chi connectivity index (χ1v) is 8.83. The number of carbonyl (C=O) groups is 1. The van der Waals surface area contributed by atoms with Gasteiger partial charge < -0.3 is 36.8 Å². The third kappa shape index (κ3) is 7.88. The second kappa shape index (κ2) is 9.69. The Bertz CT molecular complexity index is 816. The van der Waals surface area contributed by atoms with Crippen molar-refractivity contribution in [3.8, 4) is 0 Å². The number of aliphatic hydroxyl groups excluding tert-OH is 1. The number of nitrogens with zero attached hydrogens (tertiary/aromatic N) is 2. The molecule has 0 saturated heterocycles. The van der Waals surface area contributed by atoms with E-state index in [0.29, 0.717) is 5.70 Å². The molecule has 0 aromatic carbocycles. The molecule has 0 aliphatic carbocycles. The molecule has 1 aliphatic rings. The van der Waals surface area contributed by atoms with Crippen molar-refractivity contribution in [2.75, 3.05) is 13.2 Å². The van der Waals surface area contributed by atoms with Crippen molar-refractivity contribution in [3.05, 3.63) is 47.2 Å². The van der Waals surface area contributed by atoms with Crippen molar-refractivity contribution in [3.63, 3.8) is 0 Å². The number of phosphoric ester groups is 1. The third-order valence-corrected chi connectivity index (χ3v) is 3.48. The molecule has 0 atom stereocenters. The lowest BCUT2D eigenvalue weighted by molar-refractivity contribution is -0.129. The molecule has 0 spiro atoms. The molecule has 0 bridgehead atoms.